The fourth-order valence-corrected chi connectivity index (χ4v) is 4.15. The molecule has 7 heteroatoms. The van der Waals surface area contributed by atoms with Gasteiger partial charge in [0.15, 0.2) is 12.3 Å². The normalized spacial score (nSPS) is 17.7. The molecule has 2 aliphatic rings. The van der Waals surface area contributed by atoms with Gasteiger partial charge in [0.2, 0.25) is 0 Å². The Kier molecular flexibility index (Phi) is 5.56. The van der Waals surface area contributed by atoms with E-state index in [0.29, 0.717) is 22.5 Å². The van der Waals surface area contributed by atoms with E-state index in [1.54, 1.807) is 11.1 Å². The van der Waals surface area contributed by atoms with Gasteiger partial charge in [-0.15, -0.1) is 0 Å². The molecular formula is C22H30N4O3. The molecule has 2 fully saturated rings. The maximum Gasteiger partial charge on any atom is 0.339 e. The molecule has 2 aromatic heterocycles. The number of aromatic nitrogens is 3. The van der Waals surface area contributed by atoms with Gasteiger partial charge >= 0.3 is 5.97 Å². The van der Waals surface area contributed by atoms with Gasteiger partial charge in [0.05, 0.1) is 17.1 Å². The number of nitrogens with zero attached hydrogens (tertiary/aromatic N) is 4. The van der Waals surface area contributed by atoms with E-state index in [1.165, 1.54) is 6.42 Å². The molecule has 0 spiro atoms. The summed E-state index contributed by atoms with van der Waals surface area (Å²) >= 11 is 0. The fourth-order valence-electron chi connectivity index (χ4n) is 4.15. The third kappa shape index (κ3) is 4.14. The molecule has 2 heterocycles. The SMILES string of the molecule is CC(C)n1ncc2c(C(=O)OCC(=O)N(C)C3CCCCC3)cc(C3CC3)nc21. The van der Waals surface area contributed by atoms with E-state index in [4.69, 9.17) is 9.72 Å². The second kappa shape index (κ2) is 8.13. The van der Waals surface area contributed by atoms with Gasteiger partial charge in [0, 0.05) is 30.7 Å². The van der Waals surface area contributed by atoms with Crippen molar-refractivity contribution in [3.05, 3.63) is 23.5 Å². The van der Waals surface area contributed by atoms with Gasteiger partial charge in [-0.1, -0.05) is 19.3 Å². The van der Waals surface area contributed by atoms with Gasteiger partial charge in [-0.25, -0.2) is 14.5 Å². The van der Waals surface area contributed by atoms with E-state index in [2.05, 4.69) is 5.10 Å². The number of hydrogen-bond donors (Lipinski definition) is 0. The average molecular weight is 399 g/mol. The lowest BCUT2D eigenvalue weighted by molar-refractivity contribution is -0.135. The van der Waals surface area contributed by atoms with E-state index in [1.807, 2.05) is 31.6 Å². The Morgan fingerprint density at radius 1 is 1.21 bits per heavy atom. The van der Waals surface area contributed by atoms with Crippen LogP contribution in [0.3, 0.4) is 0 Å². The molecule has 1 amide bonds. The highest BCUT2D eigenvalue weighted by Gasteiger charge is 2.29. The van der Waals surface area contributed by atoms with Crippen LogP contribution in [0, 0.1) is 0 Å². The molecule has 0 atom stereocenters. The summed E-state index contributed by atoms with van der Waals surface area (Å²) in [6.07, 6.45) is 9.45. The molecular weight excluding hydrogens is 368 g/mol. The van der Waals surface area contributed by atoms with Crippen molar-refractivity contribution in [1.29, 1.82) is 0 Å². The second-order valence-electron chi connectivity index (χ2n) is 8.66. The monoisotopic (exact) mass is 398 g/mol. The van der Waals surface area contributed by atoms with E-state index in [9.17, 15) is 9.59 Å². The zero-order chi connectivity index (χ0) is 20.5. The minimum Gasteiger partial charge on any atom is -0.452 e. The highest BCUT2D eigenvalue weighted by atomic mass is 16.5. The van der Waals surface area contributed by atoms with Crippen LogP contribution in [0.4, 0.5) is 0 Å². The maximum absolute atomic E-state index is 12.9. The van der Waals surface area contributed by atoms with Gasteiger partial charge in [-0.2, -0.15) is 5.10 Å². The number of carbonyl (C=O) groups is 2. The Morgan fingerprint density at radius 2 is 1.93 bits per heavy atom. The standard InChI is InChI=1S/C22H30N4O3/c1-14(2)26-21-18(12-23-26)17(11-19(24-21)15-9-10-15)22(28)29-13-20(27)25(3)16-7-5-4-6-8-16/h11-12,14-16H,4-10,13H2,1-3H3. The third-order valence-electron chi connectivity index (χ3n) is 6.13. The molecule has 0 radical (unpaired) electrons. The predicted octanol–water partition coefficient (Wildman–Crippen LogP) is 3.84. The van der Waals surface area contributed by atoms with Crippen LogP contribution in [0.5, 0.6) is 0 Å². The number of amides is 1. The number of rotatable bonds is 6. The lowest BCUT2D eigenvalue weighted by Gasteiger charge is -2.31. The molecule has 2 aliphatic carbocycles. The first-order chi connectivity index (χ1) is 14.0. The Bertz CT molecular complexity index is 910. The summed E-state index contributed by atoms with van der Waals surface area (Å²) in [4.78, 5) is 31.9. The van der Waals surface area contributed by atoms with Gasteiger partial charge in [0.1, 0.15) is 0 Å². The molecule has 2 aromatic rings. The number of esters is 1. The van der Waals surface area contributed by atoms with Crippen molar-refractivity contribution >= 4 is 22.9 Å². The highest BCUT2D eigenvalue weighted by molar-refractivity contribution is 6.03. The van der Waals surface area contributed by atoms with Crippen molar-refractivity contribution in [1.82, 2.24) is 19.7 Å². The average Bonchev–Trinajstić information content (AvgIpc) is 3.49. The lowest BCUT2D eigenvalue weighted by Crippen LogP contribution is -2.40. The second-order valence-corrected chi connectivity index (χ2v) is 8.66. The molecule has 7 nitrogen and oxygen atoms in total. The summed E-state index contributed by atoms with van der Waals surface area (Å²) < 4.78 is 7.27. The van der Waals surface area contributed by atoms with Crippen molar-refractivity contribution in [2.24, 2.45) is 0 Å². The van der Waals surface area contributed by atoms with Crippen molar-refractivity contribution in [3.63, 3.8) is 0 Å². The molecule has 0 aliphatic heterocycles. The fraction of sp³-hybridized carbons (Fsp3) is 0.636. The van der Waals surface area contributed by atoms with Gasteiger partial charge in [-0.3, -0.25) is 4.79 Å². The Hall–Kier alpha value is -2.44. The molecule has 0 bridgehead atoms. The summed E-state index contributed by atoms with van der Waals surface area (Å²) in [6, 6.07) is 2.22. The van der Waals surface area contributed by atoms with Crippen molar-refractivity contribution in [2.75, 3.05) is 13.7 Å². The molecule has 0 unspecified atom stereocenters. The minimum atomic E-state index is -0.479. The molecule has 0 N–H and O–H groups in total. The summed E-state index contributed by atoms with van der Waals surface area (Å²) in [5.41, 5.74) is 2.08. The van der Waals surface area contributed by atoms with Crippen molar-refractivity contribution in [2.45, 2.75) is 76.8 Å². The highest BCUT2D eigenvalue weighted by Crippen LogP contribution is 2.40. The van der Waals surface area contributed by atoms with Crippen molar-refractivity contribution in [3.8, 4) is 0 Å². The third-order valence-corrected chi connectivity index (χ3v) is 6.13. The quantitative estimate of drug-likeness (QED) is 0.691. The molecule has 0 saturated heterocycles. The van der Waals surface area contributed by atoms with E-state index in [0.717, 1.165) is 44.2 Å². The summed E-state index contributed by atoms with van der Waals surface area (Å²) in [5, 5.41) is 5.10. The zero-order valence-electron chi connectivity index (χ0n) is 17.6. The van der Waals surface area contributed by atoms with Crippen LogP contribution >= 0.6 is 0 Å². The van der Waals surface area contributed by atoms with Crippen LogP contribution in [0.1, 0.15) is 86.8 Å². The molecule has 2 saturated carbocycles. The van der Waals surface area contributed by atoms with Crippen LogP contribution in [0.15, 0.2) is 12.3 Å². The molecule has 156 valence electrons. The number of likely N-dealkylation sites (N-methyl/N-ethyl adjacent to an activating group) is 1. The molecule has 29 heavy (non-hydrogen) atoms. The number of carbonyl (C=O) groups excluding carboxylic acids is 2. The number of ether oxygens (including phenoxy) is 1. The summed E-state index contributed by atoms with van der Waals surface area (Å²) in [7, 11) is 1.81. The first-order valence-electron chi connectivity index (χ1n) is 10.8. The number of pyridine rings is 1. The molecule has 0 aromatic carbocycles. The van der Waals surface area contributed by atoms with Gasteiger partial charge in [-0.05, 0) is 45.6 Å². The van der Waals surface area contributed by atoms with Crippen LogP contribution in [-0.4, -0.2) is 51.2 Å². The van der Waals surface area contributed by atoms with Crippen LogP contribution < -0.4 is 0 Å². The Balaban J connectivity index is 1.51. The van der Waals surface area contributed by atoms with Crippen LogP contribution in [-0.2, 0) is 9.53 Å². The zero-order valence-corrected chi connectivity index (χ0v) is 17.6. The number of hydrogen-bond acceptors (Lipinski definition) is 5. The Morgan fingerprint density at radius 3 is 2.59 bits per heavy atom. The van der Waals surface area contributed by atoms with E-state index in [-0.39, 0.29) is 24.6 Å². The minimum absolute atomic E-state index is 0.143. The van der Waals surface area contributed by atoms with Gasteiger partial charge < -0.3 is 9.64 Å². The summed E-state index contributed by atoms with van der Waals surface area (Å²) in [5.74, 6) is -0.218. The van der Waals surface area contributed by atoms with Crippen LogP contribution in [0.25, 0.3) is 11.0 Å². The number of fused-ring (bicyclic) bond motifs is 1. The molecule has 4 rings (SSSR count). The topological polar surface area (TPSA) is 77.3 Å². The predicted molar refractivity (Wildman–Crippen MR) is 110 cm³/mol. The first kappa shape index (κ1) is 19.9. The lowest BCUT2D eigenvalue weighted by atomic mass is 9.94. The first-order valence-corrected chi connectivity index (χ1v) is 10.8. The summed E-state index contributed by atoms with van der Waals surface area (Å²) in [6.45, 7) is 3.85. The van der Waals surface area contributed by atoms with Crippen LogP contribution in [0.2, 0.25) is 0 Å². The largest absolute Gasteiger partial charge is 0.452 e. The van der Waals surface area contributed by atoms with E-state index >= 15 is 0 Å². The Labute approximate surface area is 171 Å². The van der Waals surface area contributed by atoms with E-state index < -0.39 is 5.97 Å². The van der Waals surface area contributed by atoms with Crippen molar-refractivity contribution < 1.29 is 14.3 Å². The maximum atomic E-state index is 12.9. The smallest absolute Gasteiger partial charge is 0.339 e. The van der Waals surface area contributed by atoms with Gasteiger partial charge in [0.25, 0.3) is 5.91 Å².